The molecule has 0 bridgehead atoms. The summed E-state index contributed by atoms with van der Waals surface area (Å²) in [6.45, 7) is 5.33. The Hall–Kier alpha value is -1.77. The molecule has 2 heterocycles. The number of benzene rings is 1. The van der Waals surface area contributed by atoms with Gasteiger partial charge in [-0.15, -0.1) is 0 Å². The maximum Gasteiger partial charge on any atom is 0.124 e. The molecule has 1 N–H and O–H groups in total. The summed E-state index contributed by atoms with van der Waals surface area (Å²) in [6.07, 6.45) is 2.96. The highest BCUT2D eigenvalue weighted by Crippen LogP contribution is 2.29. The third kappa shape index (κ3) is 1.82. The van der Waals surface area contributed by atoms with Crippen molar-refractivity contribution in [3.05, 3.63) is 47.2 Å². The molecule has 0 fully saturated rings. The summed E-state index contributed by atoms with van der Waals surface area (Å²) >= 11 is 0. The predicted molar refractivity (Wildman–Crippen MR) is 69.4 cm³/mol. The van der Waals surface area contributed by atoms with Crippen LogP contribution in [0.1, 0.15) is 29.2 Å². The largest absolute Gasteiger partial charge is 0.370 e. The van der Waals surface area contributed by atoms with Crippen molar-refractivity contribution < 1.29 is 0 Å². The molecule has 0 aliphatic carbocycles. The van der Waals surface area contributed by atoms with Crippen molar-refractivity contribution in [1.29, 1.82) is 0 Å². The van der Waals surface area contributed by atoms with Gasteiger partial charge in [-0.1, -0.05) is 29.3 Å². The van der Waals surface area contributed by atoms with Crippen molar-refractivity contribution >= 4 is 5.82 Å². The molecule has 1 aliphatic rings. The van der Waals surface area contributed by atoms with Crippen LogP contribution in [-0.4, -0.2) is 16.3 Å². The molecule has 0 saturated carbocycles. The molecule has 0 radical (unpaired) electrons. The average molecular weight is 227 g/mol. The second-order valence-electron chi connectivity index (χ2n) is 4.81. The molecular formula is C14H17N3. The minimum absolute atomic E-state index is 0.375. The molecule has 1 unspecified atom stereocenters. The first kappa shape index (κ1) is 10.4. The molecule has 3 heteroatoms. The van der Waals surface area contributed by atoms with Gasteiger partial charge in [0.25, 0.3) is 0 Å². The lowest BCUT2D eigenvalue weighted by Crippen LogP contribution is -2.24. The van der Waals surface area contributed by atoms with Crippen LogP contribution in [0.2, 0.25) is 0 Å². The topological polar surface area (TPSA) is 29.9 Å². The van der Waals surface area contributed by atoms with Crippen LogP contribution < -0.4 is 5.32 Å². The highest BCUT2D eigenvalue weighted by molar-refractivity contribution is 5.40. The number of nitrogens with one attached hydrogen (secondary N) is 1. The second-order valence-corrected chi connectivity index (χ2v) is 4.81. The Balaban J connectivity index is 2.06. The van der Waals surface area contributed by atoms with E-state index in [1.807, 2.05) is 12.3 Å². The van der Waals surface area contributed by atoms with Crippen molar-refractivity contribution in [3.63, 3.8) is 0 Å². The van der Waals surface area contributed by atoms with Crippen LogP contribution in [0.3, 0.4) is 0 Å². The van der Waals surface area contributed by atoms with Gasteiger partial charge >= 0.3 is 0 Å². The van der Waals surface area contributed by atoms with Gasteiger partial charge in [0.15, 0.2) is 0 Å². The highest BCUT2D eigenvalue weighted by atomic mass is 15.4. The lowest BCUT2D eigenvalue weighted by atomic mass is 9.98. The Labute approximate surface area is 101 Å². The summed E-state index contributed by atoms with van der Waals surface area (Å²) in [5.74, 6) is 1.13. The number of anilines is 1. The first-order valence-electron chi connectivity index (χ1n) is 6.09. The Kier molecular flexibility index (Phi) is 2.39. The van der Waals surface area contributed by atoms with Crippen molar-refractivity contribution in [1.82, 2.24) is 9.78 Å². The number of fused-ring (bicyclic) bond motifs is 1. The smallest absolute Gasteiger partial charge is 0.124 e. The molecule has 0 amide bonds. The number of hydrogen-bond acceptors (Lipinski definition) is 2. The predicted octanol–water partition coefficient (Wildman–Crippen LogP) is 2.90. The Bertz CT molecular complexity index is 522. The fourth-order valence-electron chi connectivity index (χ4n) is 2.67. The molecule has 0 saturated heterocycles. The summed E-state index contributed by atoms with van der Waals surface area (Å²) in [5, 5.41) is 7.80. The molecular weight excluding hydrogens is 210 g/mol. The number of nitrogens with zero attached hydrogens (tertiary/aromatic N) is 2. The van der Waals surface area contributed by atoms with E-state index in [0.717, 1.165) is 18.8 Å². The summed E-state index contributed by atoms with van der Waals surface area (Å²) in [7, 11) is 0. The van der Waals surface area contributed by atoms with E-state index in [0.29, 0.717) is 6.04 Å². The van der Waals surface area contributed by atoms with Gasteiger partial charge in [-0.05, 0) is 25.8 Å². The zero-order valence-corrected chi connectivity index (χ0v) is 10.3. The van der Waals surface area contributed by atoms with E-state index >= 15 is 0 Å². The lowest BCUT2D eigenvalue weighted by molar-refractivity contribution is 0.481. The van der Waals surface area contributed by atoms with Crippen LogP contribution in [0.15, 0.2) is 30.5 Å². The number of hydrogen-bond donors (Lipinski definition) is 1. The van der Waals surface area contributed by atoms with Gasteiger partial charge in [0.2, 0.25) is 0 Å². The van der Waals surface area contributed by atoms with Gasteiger partial charge < -0.3 is 5.32 Å². The maximum atomic E-state index is 4.43. The Morgan fingerprint density at radius 2 is 2.00 bits per heavy atom. The molecule has 3 nitrogen and oxygen atoms in total. The highest BCUT2D eigenvalue weighted by Gasteiger charge is 2.21. The van der Waals surface area contributed by atoms with Gasteiger partial charge in [0.1, 0.15) is 5.82 Å². The molecule has 1 aromatic carbocycles. The van der Waals surface area contributed by atoms with Crippen LogP contribution in [0.5, 0.6) is 0 Å². The second kappa shape index (κ2) is 3.91. The molecule has 1 aliphatic heterocycles. The van der Waals surface area contributed by atoms with E-state index in [1.165, 1.54) is 16.7 Å². The minimum atomic E-state index is 0.375. The molecule has 1 atom stereocenters. The first-order valence-corrected chi connectivity index (χ1v) is 6.09. The molecule has 88 valence electrons. The number of aromatic nitrogens is 2. The zero-order chi connectivity index (χ0) is 11.8. The van der Waals surface area contributed by atoms with Gasteiger partial charge in [0, 0.05) is 12.6 Å². The molecule has 3 rings (SSSR count). The van der Waals surface area contributed by atoms with E-state index < -0.39 is 0 Å². The normalized spacial score (nSPS) is 18.6. The van der Waals surface area contributed by atoms with Crippen LogP contribution in [0.25, 0.3) is 0 Å². The van der Waals surface area contributed by atoms with E-state index in [-0.39, 0.29) is 0 Å². The fourth-order valence-corrected chi connectivity index (χ4v) is 2.67. The van der Waals surface area contributed by atoms with Gasteiger partial charge in [-0.2, -0.15) is 5.10 Å². The molecule has 17 heavy (non-hydrogen) atoms. The van der Waals surface area contributed by atoms with Crippen LogP contribution in [0.4, 0.5) is 5.82 Å². The van der Waals surface area contributed by atoms with Gasteiger partial charge in [-0.3, -0.25) is 0 Å². The third-order valence-corrected chi connectivity index (χ3v) is 3.32. The molecule has 2 aromatic rings. The van der Waals surface area contributed by atoms with Crippen LogP contribution in [-0.2, 0) is 0 Å². The third-order valence-electron chi connectivity index (χ3n) is 3.32. The maximum absolute atomic E-state index is 4.43. The van der Waals surface area contributed by atoms with E-state index in [2.05, 4.69) is 47.1 Å². The van der Waals surface area contributed by atoms with Crippen LogP contribution >= 0.6 is 0 Å². The SMILES string of the molecule is Cc1cc(C)cc(C2CCNc3ccnn32)c1. The number of rotatable bonds is 1. The average Bonchev–Trinajstić information content (AvgIpc) is 2.75. The number of aryl methyl sites for hydroxylation is 2. The standard InChI is InChI=1S/C14H17N3/c1-10-7-11(2)9-12(8-10)13-3-5-15-14-4-6-16-17(13)14/h4,6-9,13,15H,3,5H2,1-2H3. The van der Waals surface area contributed by atoms with Crippen LogP contribution in [0, 0.1) is 13.8 Å². The van der Waals surface area contributed by atoms with E-state index in [1.54, 1.807) is 0 Å². The Morgan fingerprint density at radius 1 is 1.24 bits per heavy atom. The van der Waals surface area contributed by atoms with Crippen molar-refractivity contribution in [2.45, 2.75) is 26.3 Å². The molecule has 1 aromatic heterocycles. The summed E-state index contributed by atoms with van der Waals surface area (Å²) in [4.78, 5) is 0. The lowest BCUT2D eigenvalue weighted by Gasteiger charge is -2.26. The monoisotopic (exact) mass is 227 g/mol. The summed E-state index contributed by atoms with van der Waals surface area (Å²) < 4.78 is 2.09. The first-order chi connectivity index (χ1) is 8.24. The zero-order valence-electron chi connectivity index (χ0n) is 10.3. The summed E-state index contributed by atoms with van der Waals surface area (Å²) in [6, 6.07) is 9.17. The quantitative estimate of drug-likeness (QED) is 0.811. The van der Waals surface area contributed by atoms with E-state index in [4.69, 9.17) is 0 Å². The summed E-state index contributed by atoms with van der Waals surface area (Å²) in [5.41, 5.74) is 4.02. The van der Waals surface area contributed by atoms with Crippen molar-refractivity contribution in [3.8, 4) is 0 Å². The molecule has 0 spiro atoms. The minimum Gasteiger partial charge on any atom is -0.370 e. The van der Waals surface area contributed by atoms with Gasteiger partial charge in [0.05, 0.1) is 12.2 Å². The van der Waals surface area contributed by atoms with Crippen molar-refractivity contribution in [2.24, 2.45) is 0 Å². The van der Waals surface area contributed by atoms with Crippen molar-refractivity contribution in [2.75, 3.05) is 11.9 Å². The Morgan fingerprint density at radius 3 is 2.76 bits per heavy atom. The van der Waals surface area contributed by atoms with Gasteiger partial charge in [-0.25, -0.2) is 4.68 Å². The fraction of sp³-hybridized carbons (Fsp3) is 0.357. The van der Waals surface area contributed by atoms with E-state index in [9.17, 15) is 0 Å².